The normalized spacial score (nSPS) is 13.8. The molecule has 0 amide bonds. The standard InChI is InChI=1S/C9H13FN4/c1-6(13-9(11)14-12)7-3-2-4-8(10)5-7/h2-6H,12H2,1H3,(H3,11,13,14)/t6-/m1/s1. The van der Waals surface area contributed by atoms with Gasteiger partial charge in [-0.1, -0.05) is 12.1 Å². The van der Waals surface area contributed by atoms with Crippen LogP contribution >= 0.6 is 0 Å². The van der Waals surface area contributed by atoms with Gasteiger partial charge in [0.1, 0.15) is 5.82 Å². The van der Waals surface area contributed by atoms with E-state index in [1.165, 1.54) is 12.1 Å². The number of benzene rings is 1. The highest BCUT2D eigenvalue weighted by Gasteiger charge is 2.04. The highest BCUT2D eigenvalue weighted by atomic mass is 19.1. The lowest BCUT2D eigenvalue weighted by Crippen LogP contribution is -2.37. The zero-order chi connectivity index (χ0) is 10.6. The average Bonchev–Trinajstić information content (AvgIpc) is 2.17. The topological polar surface area (TPSA) is 76.4 Å². The molecule has 5 heteroatoms. The summed E-state index contributed by atoms with van der Waals surface area (Å²) in [5.41, 5.74) is 8.34. The van der Waals surface area contributed by atoms with Crippen molar-refractivity contribution in [2.24, 2.45) is 16.6 Å². The molecule has 0 aliphatic rings. The molecule has 0 aliphatic heterocycles. The molecule has 14 heavy (non-hydrogen) atoms. The highest BCUT2D eigenvalue weighted by Crippen LogP contribution is 2.16. The van der Waals surface area contributed by atoms with E-state index in [1.54, 1.807) is 19.1 Å². The van der Waals surface area contributed by atoms with Crippen LogP contribution in [0.4, 0.5) is 4.39 Å². The van der Waals surface area contributed by atoms with Crippen LogP contribution in [0, 0.1) is 5.82 Å². The van der Waals surface area contributed by atoms with E-state index < -0.39 is 0 Å². The van der Waals surface area contributed by atoms with Crippen LogP contribution in [0.25, 0.3) is 0 Å². The van der Waals surface area contributed by atoms with Crippen molar-refractivity contribution in [3.05, 3.63) is 35.6 Å². The van der Waals surface area contributed by atoms with Crippen molar-refractivity contribution in [2.45, 2.75) is 13.0 Å². The fourth-order valence-corrected chi connectivity index (χ4v) is 1.09. The van der Waals surface area contributed by atoms with Crippen molar-refractivity contribution >= 4 is 5.96 Å². The molecule has 1 atom stereocenters. The second kappa shape index (κ2) is 4.57. The molecule has 0 aliphatic carbocycles. The summed E-state index contributed by atoms with van der Waals surface area (Å²) in [7, 11) is 0. The van der Waals surface area contributed by atoms with E-state index in [0.29, 0.717) is 0 Å². The van der Waals surface area contributed by atoms with Gasteiger partial charge in [-0.05, 0) is 24.6 Å². The van der Waals surface area contributed by atoms with Crippen molar-refractivity contribution in [3.8, 4) is 0 Å². The molecule has 0 saturated heterocycles. The first-order chi connectivity index (χ1) is 6.63. The van der Waals surface area contributed by atoms with Crippen LogP contribution in [0.3, 0.4) is 0 Å². The maximum Gasteiger partial charge on any atom is 0.203 e. The summed E-state index contributed by atoms with van der Waals surface area (Å²) >= 11 is 0. The number of nitrogens with two attached hydrogens (primary N) is 2. The Bertz CT molecular complexity index is 337. The summed E-state index contributed by atoms with van der Waals surface area (Å²) in [5.74, 6) is 4.89. The van der Waals surface area contributed by atoms with E-state index in [2.05, 4.69) is 10.4 Å². The van der Waals surface area contributed by atoms with Crippen molar-refractivity contribution in [2.75, 3.05) is 0 Å². The molecule has 1 aromatic carbocycles. The average molecular weight is 196 g/mol. The van der Waals surface area contributed by atoms with E-state index in [-0.39, 0.29) is 17.8 Å². The number of hydrazine groups is 1. The summed E-state index contributed by atoms with van der Waals surface area (Å²) in [4.78, 5) is 4.00. The van der Waals surface area contributed by atoms with Gasteiger partial charge in [-0.25, -0.2) is 15.2 Å². The summed E-state index contributed by atoms with van der Waals surface area (Å²) in [6, 6.07) is 5.98. The molecule has 0 radical (unpaired) electrons. The van der Waals surface area contributed by atoms with Crippen molar-refractivity contribution < 1.29 is 4.39 Å². The smallest absolute Gasteiger partial charge is 0.203 e. The van der Waals surface area contributed by atoms with Gasteiger partial charge in [-0.2, -0.15) is 0 Å². The number of halogens is 1. The summed E-state index contributed by atoms with van der Waals surface area (Å²) in [6.45, 7) is 1.80. The van der Waals surface area contributed by atoms with E-state index in [1.807, 2.05) is 0 Å². The second-order valence-electron chi connectivity index (χ2n) is 2.89. The third kappa shape index (κ3) is 2.70. The Hall–Kier alpha value is -1.62. The first kappa shape index (κ1) is 10.5. The number of hydrogen-bond acceptors (Lipinski definition) is 2. The third-order valence-electron chi connectivity index (χ3n) is 1.81. The molecule has 4 nitrogen and oxygen atoms in total. The molecular weight excluding hydrogens is 183 g/mol. The van der Waals surface area contributed by atoms with Crippen LogP contribution in [0.15, 0.2) is 29.3 Å². The monoisotopic (exact) mass is 196 g/mol. The summed E-state index contributed by atoms with van der Waals surface area (Å²) < 4.78 is 12.8. The highest BCUT2D eigenvalue weighted by molar-refractivity contribution is 5.77. The van der Waals surface area contributed by atoms with Gasteiger partial charge in [0.2, 0.25) is 5.96 Å². The van der Waals surface area contributed by atoms with Gasteiger partial charge in [-0.15, -0.1) is 0 Å². The van der Waals surface area contributed by atoms with Gasteiger partial charge in [0.15, 0.2) is 0 Å². The number of nitrogens with zero attached hydrogens (tertiary/aromatic N) is 1. The Kier molecular flexibility index (Phi) is 3.41. The maximum atomic E-state index is 12.8. The molecule has 0 unspecified atom stereocenters. The molecule has 0 spiro atoms. The maximum absolute atomic E-state index is 12.8. The zero-order valence-electron chi connectivity index (χ0n) is 7.87. The minimum atomic E-state index is -0.288. The quantitative estimate of drug-likeness (QED) is 0.281. The van der Waals surface area contributed by atoms with Crippen LogP contribution in [0.2, 0.25) is 0 Å². The summed E-state index contributed by atoms with van der Waals surface area (Å²) in [5, 5.41) is 0. The zero-order valence-corrected chi connectivity index (χ0v) is 7.87. The number of hydrogen-bond donors (Lipinski definition) is 3. The van der Waals surface area contributed by atoms with E-state index >= 15 is 0 Å². The molecule has 0 saturated carbocycles. The van der Waals surface area contributed by atoms with Crippen molar-refractivity contribution in [1.29, 1.82) is 0 Å². The van der Waals surface area contributed by atoms with Crippen LogP contribution in [0.5, 0.6) is 0 Å². The number of rotatable bonds is 2. The van der Waals surface area contributed by atoms with Gasteiger partial charge >= 0.3 is 0 Å². The molecule has 0 heterocycles. The predicted octanol–water partition coefficient (Wildman–Crippen LogP) is 0.665. The molecule has 0 aromatic heterocycles. The van der Waals surface area contributed by atoms with Crippen LogP contribution in [-0.2, 0) is 0 Å². The fraction of sp³-hybridized carbons (Fsp3) is 0.222. The number of aliphatic imine (C=N–C) groups is 1. The van der Waals surface area contributed by atoms with Gasteiger partial charge < -0.3 is 5.73 Å². The molecule has 0 bridgehead atoms. The van der Waals surface area contributed by atoms with E-state index in [0.717, 1.165) is 5.56 Å². The number of nitrogens with one attached hydrogen (secondary N) is 1. The minimum Gasteiger partial charge on any atom is -0.369 e. The van der Waals surface area contributed by atoms with Crippen LogP contribution < -0.4 is 17.0 Å². The Labute approximate surface area is 81.8 Å². The molecule has 0 fully saturated rings. The Morgan fingerprint density at radius 2 is 2.29 bits per heavy atom. The molecule has 5 N–H and O–H groups in total. The van der Waals surface area contributed by atoms with Crippen molar-refractivity contribution in [1.82, 2.24) is 5.43 Å². The van der Waals surface area contributed by atoms with Gasteiger partial charge in [-0.3, -0.25) is 5.43 Å². The van der Waals surface area contributed by atoms with Crippen LogP contribution in [0.1, 0.15) is 18.5 Å². The lowest BCUT2D eigenvalue weighted by molar-refractivity contribution is 0.622. The molecule has 76 valence electrons. The first-order valence-corrected chi connectivity index (χ1v) is 4.19. The predicted molar refractivity (Wildman–Crippen MR) is 53.8 cm³/mol. The number of guanidine groups is 1. The Morgan fingerprint density at radius 1 is 1.57 bits per heavy atom. The summed E-state index contributed by atoms with van der Waals surface area (Å²) in [6.07, 6.45) is 0. The SMILES string of the molecule is C[C@@H](N=C(N)NN)c1cccc(F)c1. The van der Waals surface area contributed by atoms with Gasteiger partial charge in [0.05, 0.1) is 6.04 Å². The third-order valence-corrected chi connectivity index (χ3v) is 1.81. The Morgan fingerprint density at radius 3 is 2.86 bits per heavy atom. The van der Waals surface area contributed by atoms with E-state index in [9.17, 15) is 4.39 Å². The Balaban J connectivity index is 2.84. The van der Waals surface area contributed by atoms with Gasteiger partial charge in [0, 0.05) is 0 Å². The molecular formula is C9H13FN4. The lowest BCUT2D eigenvalue weighted by Gasteiger charge is -2.07. The molecule has 1 rings (SSSR count). The first-order valence-electron chi connectivity index (χ1n) is 4.19. The molecule has 1 aromatic rings. The second-order valence-corrected chi connectivity index (χ2v) is 2.89. The largest absolute Gasteiger partial charge is 0.369 e. The fourth-order valence-electron chi connectivity index (χ4n) is 1.09. The lowest BCUT2D eigenvalue weighted by atomic mass is 10.1. The van der Waals surface area contributed by atoms with Crippen LogP contribution in [-0.4, -0.2) is 5.96 Å². The minimum absolute atomic E-state index is 0.127. The van der Waals surface area contributed by atoms with Crippen molar-refractivity contribution in [3.63, 3.8) is 0 Å². The van der Waals surface area contributed by atoms with E-state index in [4.69, 9.17) is 11.6 Å². The van der Waals surface area contributed by atoms with Gasteiger partial charge in [0.25, 0.3) is 0 Å².